The molecule has 0 amide bonds. The molecule has 1 heterocycles. The number of hydrogen-bond acceptors (Lipinski definition) is 2. The predicted molar refractivity (Wildman–Crippen MR) is 36.9 cm³/mol. The molecular formula is C6H5NO2Te. The molecule has 10 heavy (non-hydrogen) atoms. The van der Waals surface area contributed by atoms with E-state index in [1.807, 2.05) is 24.3 Å². The van der Waals surface area contributed by atoms with Gasteiger partial charge in [-0.25, -0.2) is 0 Å². The summed E-state index contributed by atoms with van der Waals surface area (Å²) in [4.78, 5) is 0. The van der Waals surface area contributed by atoms with E-state index in [0.717, 1.165) is 9.30 Å². The summed E-state index contributed by atoms with van der Waals surface area (Å²) in [6.45, 7) is 0. The zero-order valence-corrected chi connectivity index (χ0v) is 7.36. The maximum absolute atomic E-state index is 10.9. The minimum atomic E-state index is -0.632. The number of fused-ring (bicyclic) bond motifs is 1. The molecule has 0 aromatic heterocycles. The zero-order valence-electron chi connectivity index (χ0n) is 5.03. The van der Waals surface area contributed by atoms with Crippen LogP contribution < -0.4 is 8.84 Å². The molecule has 4 heteroatoms. The van der Waals surface area contributed by atoms with E-state index in [2.05, 4.69) is 0 Å². The molecule has 1 N–H and O–H groups in total. The van der Waals surface area contributed by atoms with Gasteiger partial charge >= 0.3 is 68.5 Å². The van der Waals surface area contributed by atoms with Gasteiger partial charge in [0.25, 0.3) is 0 Å². The van der Waals surface area contributed by atoms with Crippen LogP contribution in [0.3, 0.4) is 0 Å². The Kier molecular flexibility index (Phi) is 1.64. The van der Waals surface area contributed by atoms with Crippen molar-refractivity contribution in [1.82, 2.24) is 0 Å². The van der Waals surface area contributed by atoms with Gasteiger partial charge in [0.15, 0.2) is 0 Å². The molecule has 0 saturated carbocycles. The molecule has 0 fully saturated rings. The fourth-order valence-electron chi connectivity index (χ4n) is 0.836. The van der Waals surface area contributed by atoms with Crippen molar-refractivity contribution in [2.24, 2.45) is 0 Å². The Morgan fingerprint density at radius 2 is 2.20 bits per heavy atom. The molecule has 1 aromatic carbocycles. The van der Waals surface area contributed by atoms with Gasteiger partial charge in [-0.1, -0.05) is 0 Å². The molecule has 0 spiro atoms. The Hall–Kier alpha value is -0.110. The Morgan fingerprint density at radius 3 is 3.00 bits per heavy atom. The Morgan fingerprint density at radius 1 is 1.40 bits per heavy atom. The van der Waals surface area contributed by atoms with E-state index >= 15 is 0 Å². The molecule has 2 rings (SSSR count). The molecule has 1 aromatic rings. The van der Waals surface area contributed by atoms with Crippen LogP contribution in [0.1, 0.15) is 0 Å². The summed E-state index contributed by atoms with van der Waals surface area (Å²) in [6.07, 6.45) is 0. The average Bonchev–Trinajstić information content (AvgIpc) is 2.34. The monoisotopic (exact) mass is 253 g/mol. The molecule has 1 aliphatic rings. The van der Waals surface area contributed by atoms with Gasteiger partial charge in [0.1, 0.15) is 0 Å². The van der Waals surface area contributed by atoms with Crippen molar-refractivity contribution < 1.29 is 8.43 Å². The first-order chi connectivity index (χ1) is 4.88. The molecule has 3 nitrogen and oxygen atoms in total. The maximum atomic E-state index is 10.9. The van der Waals surface area contributed by atoms with Gasteiger partial charge in [-0.15, -0.1) is 0 Å². The molecule has 0 bridgehead atoms. The number of hydrogen-bond donors (Lipinski definition) is 1. The van der Waals surface area contributed by atoms with Gasteiger partial charge in [-0.3, -0.25) is 0 Å². The van der Waals surface area contributed by atoms with E-state index in [4.69, 9.17) is 3.20 Å². The Balaban J connectivity index is 2.51. The van der Waals surface area contributed by atoms with Crippen molar-refractivity contribution in [1.29, 1.82) is 0 Å². The summed E-state index contributed by atoms with van der Waals surface area (Å²) in [7, 11) is 0. The Bertz CT molecular complexity index is 253. The third-order valence-corrected chi connectivity index (χ3v) is 3.51. The first kappa shape index (κ1) is 6.59. The van der Waals surface area contributed by atoms with E-state index < -0.39 is 21.3 Å². The van der Waals surface area contributed by atoms with Crippen molar-refractivity contribution in [3.63, 3.8) is 0 Å². The fourth-order valence-corrected chi connectivity index (χ4v) is 2.64. The topological polar surface area (TPSA) is 36.7 Å². The van der Waals surface area contributed by atoms with Crippen molar-refractivity contribution in [2.75, 3.05) is 0 Å². The van der Waals surface area contributed by atoms with Crippen molar-refractivity contribution in [3.05, 3.63) is 29.5 Å². The quantitative estimate of drug-likeness (QED) is 0.468. The van der Waals surface area contributed by atoms with Crippen LogP contribution in [0, 0.1) is 5.21 Å². The van der Waals surface area contributed by atoms with Gasteiger partial charge in [-0.2, -0.15) is 0 Å². The first-order valence-electron chi connectivity index (χ1n) is 2.86. The van der Waals surface area contributed by atoms with Crippen LogP contribution in [0.2, 0.25) is 0 Å². The SMILES string of the molecule is [O-][NH+]1O[Te]c2ccccc21. The summed E-state index contributed by atoms with van der Waals surface area (Å²) < 4.78 is 6.04. The van der Waals surface area contributed by atoms with Gasteiger partial charge < -0.3 is 0 Å². The second-order valence-corrected chi connectivity index (χ2v) is 4.16. The van der Waals surface area contributed by atoms with Crippen LogP contribution >= 0.6 is 0 Å². The number of nitrogens with one attached hydrogen (secondary N) is 1. The van der Waals surface area contributed by atoms with Crippen LogP contribution in [-0.2, 0) is 3.20 Å². The second kappa shape index (κ2) is 2.50. The number of quaternary nitrogens is 1. The third-order valence-electron chi connectivity index (χ3n) is 1.31. The molecule has 52 valence electrons. The zero-order chi connectivity index (χ0) is 6.97. The third kappa shape index (κ3) is 0.947. The normalized spacial score (nSPS) is 22.7. The first-order valence-corrected chi connectivity index (χ1v) is 4.97. The van der Waals surface area contributed by atoms with Crippen molar-refractivity contribution >= 4 is 30.6 Å². The van der Waals surface area contributed by atoms with E-state index in [9.17, 15) is 5.21 Å². The molecule has 0 aliphatic carbocycles. The standard InChI is InChI=1S/C6H5NO2Te/c8-7-5-3-1-2-4-6(5)10-9-7/h1-4,7H. The summed E-state index contributed by atoms with van der Waals surface area (Å²) in [6, 6.07) is 7.57. The number of benzene rings is 1. The average molecular weight is 251 g/mol. The van der Waals surface area contributed by atoms with E-state index in [1.165, 1.54) is 0 Å². The Labute approximate surface area is 68.7 Å². The van der Waals surface area contributed by atoms with Gasteiger partial charge in [-0.05, 0) is 0 Å². The molecule has 1 aliphatic heterocycles. The van der Waals surface area contributed by atoms with Crippen LogP contribution in [0.5, 0.6) is 0 Å². The van der Waals surface area contributed by atoms with Crippen LogP contribution in [-0.4, -0.2) is 21.3 Å². The van der Waals surface area contributed by atoms with Gasteiger partial charge in [0.05, 0.1) is 0 Å². The van der Waals surface area contributed by atoms with Crippen LogP contribution in [0.15, 0.2) is 24.3 Å². The van der Waals surface area contributed by atoms with Crippen LogP contribution in [0.25, 0.3) is 0 Å². The van der Waals surface area contributed by atoms with E-state index in [0.29, 0.717) is 0 Å². The van der Waals surface area contributed by atoms with Gasteiger partial charge in [0, 0.05) is 0 Å². The molecule has 0 radical (unpaired) electrons. The fraction of sp³-hybridized carbons (Fsp3) is 0. The van der Waals surface area contributed by atoms with Gasteiger partial charge in [0.2, 0.25) is 0 Å². The number of rotatable bonds is 0. The van der Waals surface area contributed by atoms with Crippen molar-refractivity contribution in [2.45, 2.75) is 0 Å². The summed E-state index contributed by atoms with van der Waals surface area (Å²) >= 11 is -0.632. The van der Waals surface area contributed by atoms with Crippen molar-refractivity contribution in [3.8, 4) is 0 Å². The van der Waals surface area contributed by atoms with E-state index in [-0.39, 0.29) is 5.23 Å². The molecule has 1 unspecified atom stereocenters. The van der Waals surface area contributed by atoms with E-state index in [1.54, 1.807) is 0 Å². The molecule has 0 saturated heterocycles. The van der Waals surface area contributed by atoms with Crippen LogP contribution in [0.4, 0.5) is 5.69 Å². The summed E-state index contributed by atoms with van der Waals surface area (Å²) in [5, 5.41) is 10.7. The predicted octanol–water partition coefficient (Wildman–Crippen LogP) is -1.11. The minimum absolute atomic E-state index is 0.141. The molecular weight excluding hydrogens is 246 g/mol. The molecule has 1 atom stereocenters. The summed E-state index contributed by atoms with van der Waals surface area (Å²) in [5.41, 5.74) is 0.768. The summed E-state index contributed by atoms with van der Waals surface area (Å²) in [5.74, 6) is 0. The second-order valence-electron chi connectivity index (χ2n) is 1.95.